The zero-order valence-electron chi connectivity index (χ0n) is 13.7. The first-order valence-corrected chi connectivity index (χ1v) is 7.82. The molecule has 3 rings (SSSR count). The third kappa shape index (κ3) is 2.99. The van der Waals surface area contributed by atoms with Gasteiger partial charge in [0.05, 0.1) is 18.1 Å². The number of carbonyl (C=O) groups is 2. The summed E-state index contributed by atoms with van der Waals surface area (Å²) in [6, 6.07) is 5.15. The molecular formula is C16H20N4O4. The molecule has 2 heterocycles. The number of imidazole rings is 1. The van der Waals surface area contributed by atoms with E-state index >= 15 is 0 Å². The van der Waals surface area contributed by atoms with Crippen LogP contribution >= 0.6 is 0 Å². The number of aromatic amines is 1. The molecule has 0 bridgehead atoms. The predicted octanol–water partition coefficient (Wildman–Crippen LogP) is 0.827. The molecule has 8 heteroatoms. The van der Waals surface area contributed by atoms with Crippen LogP contribution in [0.4, 0.5) is 4.79 Å². The molecule has 1 fully saturated rings. The van der Waals surface area contributed by atoms with Crippen molar-refractivity contribution in [3.8, 4) is 0 Å². The Morgan fingerprint density at radius 3 is 2.67 bits per heavy atom. The van der Waals surface area contributed by atoms with Gasteiger partial charge in [-0.2, -0.15) is 0 Å². The third-order valence-corrected chi connectivity index (χ3v) is 4.43. The van der Waals surface area contributed by atoms with Gasteiger partial charge < -0.3 is 19.9 Å². The minimum atomic E-state index is -0.335. The summed E-state index contributed by atoms with van der Waals surface area (Å²) in [6.07, 6.45) is 1.04. The molecule has 0 unspecified atom stereocenters. The number of hydrogen-bond acceptors (Lipinski definition) is 4. The lowest BCUT2D eigenvalue weighted by molar-refractivity contribution is 0.0892. The average molecular weight is 332 g/mol. The number of H-pyrrole nitrogens is 1. The highest BCUT2D eigenvalue weighted by Crippen LogP contribution is 2.15. The van der Waals surface area contributed by atoms with Crippen molar-refractivity contribution in [1.29, 1.82) is 0 Å². The summed E-state index contributed by atoms with van der Waals surface area (Å²) >= 11 is 0. The second kappa shape index (κ2) is 6.38. The quantitative estimate of drug-likeness (QED) is 0.851. The van der Waals surface area contributed by atoms with Crippen LogP contribution in [0.1, 0.15) is 23.2 Å². The maximum absolute atomic E-state index is 12.4. The van der Waals surface area contributed by atoms with E-state index in [1.807, 2.05) is 0 Å². The molecule has 0 radical (unpaired) electrons. The van der Waals surface area contributed by atoms with Crippen LogP contribution in [0.15, 0.2) is 23.0 Å². The molecule has 24 heavy (non-hydrogen) atoms. The first-order chi connectivity index (χ1) is 11.5. The number of methoxy groups -OCH3 is 1. The number of hydrogen-bond donors (Lipinski definition) is 2. The van der Waals surface area contributed by atoms with Crippen LogP contribution in [0.5, 0.6) is 0 Å². The summed E-state index contributed by atoms with van der Waals surface area (Å²) in [5.41, 5.74) is 1.68. The van der Waals surface area contributed by atoms with Crippen LogP contribution in [0.2, 0.25) is 0 Å². The topological polar surface area (TPSA) is 96.4 Å². The van der Waals surface area contributed by atoms with Crippen LogP contribution < -0.4 is 11.0 Å². The number of rotatable bonds is 2. The minimum Gasteiger partial charge on any atom is -0.453 e. The van der Waals surface area contributed by atoms with Crippen molar-refractivity contribution in [2.45, 2.75) is 18.9 Å². The number of ether oxygens (including phenoxy) is 1. The fourth-order valence-corrected chi connectivity index (χ4v) is 2.98. The fraction of sp³-hybridized carbons (Fsp3) is 0.438. The minimum absolute atomic E-state index is 0.0175. The second-order valence-electron chi connectivity index (χ2n) is 5.93. The molecule has 1 aromatic carbocycles. The number of carbonyl (C=O) groups excluding carboxylic acids is 2. The largest absolute Gasteiger partial charge is 0.453 e. The van der Waals surface area contributed by atoms with Gasteiger partial charge in [0.15, 0.2) is 0 Å². The molecule has 1 aromatic heterocycles. The summed E-state index contributed by atoms with van der Waals surface area (Å²) in [6.45, 7) is 1.12. The molecular weight excluding hydrogens is 312 g/mol. The number of aryl methyl sites for hydroxylation is 1. The van der Waals surface area contributed by atoms with Crippen molar-refractivity contribution in [3.05, 3.63) is 34.2 Å². The summed E-state index contributed by atoms with van der Waals surface area (Å²) in [5, 5.41) is 2.98. The van der Waals surface area contributed by atoms with Gasteiger partial charge >= 0.3 is 11.8 Å². The van der Waals surface area contributed by atoms with E-state index in [2.05, 4.69) is 10.3 Å². The number of benzene rings is 1. The zero-order chi connectivity index (χ0) is 17.3. The second-order valence-corrected chi connectivity index (χ2v) is 5.93. The van der Waals surface area contributed by atoms with Gasteiger partial charge in [0, 0.05) is 31.7 Å². The highest BCUT2D eigenvalue weighted by molar-refractivity contribution is 5.97. The Balaban J connectivity index is 1.65. The van der Waals surface area contributed by atoms with E-state index in [1.165, 1.54) is 11.7 Å². The van der Waals surface area contributed by atoms with Gasteiger partial charge in [0.1, 0.15) is 0 Å². The normalized spacial score (nSPS) is 15.5. The summed E-state index contributed by atoms with van der Waals surface area (Å²) in [4.78, 5) is 39.8. The maximum Gasteiger partial charge on any atom is 0.409 e. The van der Waals surface area contributed by atoms with E-state index in [1.54, 1.807) is 30.1 Å². The van der Waals surface area contributed by atoms with Crippen molar-refractivity contribution >= 4 is 23.0 Å². The molecule has 1 aliphatic heterocycles. The van der Waals surface area contributed by atoms with E-state index in [9.17, 15) is 14.4 Å². The van der Waals surface area contributed by atoms with E-state index in [0.29, 0.717) is 37.0 Å². The molecule has 1 aliphatic rings. The van der Waals surface area contributed by atoms with Gasteiger partial charge in [-0.05, 0) is 31.0 Å². The maximum atomic E-state index is 12.4. The Bertz CT molecular complexity index is 830. The monoisotopic (exact) mass is 332 g/mol. The number of likely N-dealkylation sites (tertiary alicyclic amines) is 1. The lowest BCUT2D eigenvalue weighted by Gasteiger charge is -2.31. The highest BCUT2D eigenvalue weighted by Gasteiger charge is 2.24. The van der Waals surface area contributed by atoms with Crippen molar-refractivity contribution in [2.24, 2.45) is 7.05 Å². The Hall–Kier alpha value is -2.77. The SMILES string of the molecule is COC(=O)N1CCC(NC(=O)c2ccc3c(c2)[nH]c(=O)n3C)CC1. The van der Waals surface area contributed by atoms with Gasteiger partial charge in [-0.1, -0.05) is 0 Å². The number of nitrogens with one attached hydrogen (secondary N) is 2. The first-order valence-electron chi connectivity index (χ1n) is 7.82. The number of amides is 2. The number of fused-ring (bicyclic) bond motifs is 1. The van der Waals surface area contributed by atoms with E-state index in [4.69, 9.17) is 4.74 Å². The molecule has 0 aliphatic carbocycles. The molecule has 8 nitrogen and oxygen atoms in total. The molecule has 1 saturated heterocycles. The third-order valence-electron chi connectivity index (χ3n) is 4.43. The summed E-state index contributed by atoms with van der Waals surface area (Å²) in [5.74, 6) is -0.182. The number of piperidine rings is 1. The van der Waals surface area contributed by atoms with Gasteiger partial charge in [-0.15, -0.1) is 0 Å². The van der Waals surface area contributed by atoms with Crippen molar-refractivity contribution in [1.82, 2.24) is 19.8 Å². The van der Waals surface area contributed by atoms with Crippen LogP contribution in [0.25, 0.3) is 11.0 Å². The Morgan fingerprint density at radius 1 is 1.29 bits per heavy atom. The molecule has 0 atom stereocenters. The van der Waals surface area contributed by atoms with Crippen LogP contribution in [-0.2, 0) is 11.8 Å². The Labute approximate surface area is 138 Å². The van der Waals surface area contributed by atoms with Gasteiger partial charge in [0.25, 0.3) is 5.91 Å². The van der Waals surface area contributed by atoms with Crippen LogP contribution in [0, 0.1) is 0 Å². The van der Waals surface area contributed by atoms with Crippen molar-refractivity contribution in [2.75, 3.05) is 20.2 Å². The standard InChI is InChI=1S/C16H20N4O4/c1-19-13-4-3-10(9-12(13)18-15(19)22)14(21)17-11-5-7-20(8-6-11)16(23)24-2/h3-4,9,11H,5-8H2,1-2H3,(H,17,21)(H,18,22). The lowest BCUT2D eigenvalue weighted by Crippen LogP contribution is -2.46. The molecule has 2 amide bonds. The van der Waals surface area contributed by atoms with E-state index < -0.39 is 0 Å². The summed E-state index contributed by atoms with van der Waals surface area (Å²) < 4.78 is 6.20. The Morgan fingerprint density at radius 2 is 2.00 bits per heavy atom. The van der Waals surface area contributed by atoms with E-state index in [0.717, 1.165) is 5.52 Å². The average Bonchev–Trinajstić information content (AvgIpc) is 2.88. The van der Waals surface area contributed by atoms with Gasteiger partial charge in [-0.25, -0.2) is 9.59 Å². The van der Waals surface area contributed by atoms with E-state index in [-0.39, 0.29) is 23.7 Å². The Kier molecular flexibility index (Phi) is 4.28. The first kappa shape index (κ1) is 16.1. The lowest BCUT2D eigenvalue weighted by atomic mass is 10.0. The molecule has 0 saturated carbocycles. The van der Waals surface area contributed by atoms with Crippen LogP contribution in [0.3, 0.4) is 0 Å². The molecule has 2 N–H and O–H groups in total. The highest BCUT2D eigenvalue weighted by atomic mass is 16.5. The van der Waals surface area contributed by atoms with Crippen molar-refractivity contribution < 1.29 is 14.3 Å². The molecule has 2 aromatic rings. The smallest absolute Gasteiger partial charge is 0.409 e. The summed E-state index contributed by atoms with van der Waals surface area (Å²) in [7, 11) is 3.04. The molecule has 0 spiro atoms. The van der Waals surface area contributed by atoms with Crippen molar-refractivity contribution in [3.63, 3.8) is 0 Å². The van der Waals surface area contributed by atoms with Gasteiger partial charge in [0.2, 0.25) is 0 Å². The fourth-order valence-electron chi connectivity index (χ4n) is 2.98. The van der Waals surface area contributed by atoms with Gasteiger partial charge in [-0.3, -0.25) is 9.36 Å². The molecule has 128 valence electrons. The number of nitrogens with zero attached hydrogens (tertiary/aromatic N) is 2. The predicted molar refractivity (Wildman–Crippen MR) is 88.0 cm³/mol. The number of aromatic nitrogens is 2. The zero-order valence-corrected chi connectivity index (χ0v) is 13.7. The van der Waals surface area contributed by atoms with Crippen LogP contribution in [-0.4, -0.2) is 52.7 Å².